The third-order valence-electron chi connectivity index (χ3n) is 1.71. The standard InChI is InChI=1S/C11H12O2/c1-2-8-13-11(9-12)10-6-4-3-5-7-10/h1,3-7,11-12H,8-9H2. The lowest BCUT2D eigenvalue weighted by molar-refractivity contribution is 0.0302. The highest BCUT2D eigenvalue weighted by molar-refractivity contribution is 5.17. The molecule has 0 aliphatic heterocycles. The van der Waals surface area contributed by atoms with Crippen LogP contribution in [0.2, 0.25) is 0 Å². The molecule has 68 valence electrons. The van der Waals surface area contributed by atoms with E-state index in [4.69, 9.17) is 16.3 Å². The van der Waals surface area contributed by atoms with Gasteiger partial charge in [0.2, 0.25) is 0 Å². The molecule has 0 fully saturated rings. The van der Waals surface area contributed by atoms with Crippen LogP contribution in [0.4, 0.5) is 0 Å². The van der Waals surface area contributed by atoms with Gasteiger partial charge in [-0.3, -0.25) is 0 Å². The van der Waals surface area contributed by atoms with Crippen molar-refractivity contribution in [2.75, 3.05) is 13.2 Å². The van der Waals surface area contributed by atoms with Gasteiger partial charge >= 0.3 is 0 Å². The molecular weight excluding hydrogens is 164 g/mol. The molecule has 0 aliphatic carbocycles. The summed E-state index contributed by atoms with van der Waals surface area (Å²) in [6, 6.07) is 9.52. The molecule has 1 aromatic rings. The first kappa shape index (κ1) is 9.79. The zero-order valence-corrected chi connectivity index (χ0v) is 7.31. The largest absolute Gasteiger partial charge is 0.393 e. The van der Waals surface area contributed by atoms with E-state index in [-0.39, 0.29) is 19.3 Å². The van der Waals surface area contributed by atoms with Gasteiger partial charge in [-0.15, -0.1) is 6.42 Å². The summed E-state index contributed by atoms with van der Waals surface area (Å²) in [7, 11) is 0. The Hall–Kier alpha value is -1.30. The minimum atomic E-state index is -0.308. The van der Waals surface area contributed by atoms with Gasteiger partial charge in [0.25, 0.3) is 0 Å². The summed E-state index contributed by atoms with van der Waals surface area (Å²) in [5.41, 5.74) is 0.945. The van der Waals surface area contributed by atoms with Crippen molar-refractivity contribution < 1.29 is 9.84 Å². The van der Waals surface area contributed by atoms with Gasteiger partial charge in [-0.05, 0) is 5.56 Å². The Morgan fingerprint density at radius 3 is 2.62 bits per heavy atom. The highest BCUT2D eigenvalue weighted by Crippen LogP contribution is 2.15. The van der Waals surface area contributed by atoms with E-state index in [1.807, 2.05) is 30.3 Å². The Labute approximate surface area is 78.2 Å². The third-order valence-corrected chi connectivity index (χ3v) is 1.71. The van der Waals surface area contributed by atoms with Crippen molar-refractivity contribution in [2.24, 2.45) is 0 Å². The van der Waals surface area contributed by atoms with Crippen molar-refractivity contribution in [1.29, 1.82) is 0 Å². The maximum atomic E-state index is 9.01. The molecule has 1 atom stereocenters. The maximum absolute atomic E-state index is 9.01. The Bertz CT molecular complexity index is 274. The van der Waals surface area contributed by atoms with Gasteiger partial charge < -0.3 is 9.84 Å². The summed E-state index contributed by atoms with van der Waals surface area (Å²) < 4.78 is 5.24. The van der Waals surface area contributed by atoms with Gasteiger partial charge in [-0.2, -0.15) is 0 Å². The second-order valence-corrected chi connectivity index (χ2v) is 2.60. The Kier molecular flexibility index (Phi) is 4.04. The van der Waals surface area contributed by atoms with Crippen LogP contribution in [-0.4, -0.2) is 18.3 Å². The number of aliphatic hydroxyl groups excluding tert-OH is 1. The number of hydrogen-bond acceptors (Lipinski definition) is 2. The normalized spacial score (nSPS) is 12.0. The Morgan fingerprint density at radius 1 is 1.38 bits per heavy atom. The fourth-order valence-corrected chi connectivity index (χ4v) is 1.07. The Morgan fingerprint density at radius 2 is 2.08 bits per heavy atom. The molecule has 0 saturated carbocycles. The molecule has 0 spiro atoms. The van der Waals surface area contributed by atoms with Crippen LogP contribution >= 0.6 is 0 Å². The molecule has 1 unspecified atom stereocenters. The third kappa shape index (κ3) is 2.90. The molecule has 0 saturated heterocycles. The van der Waals surface area contributed by atoms with Gasteiger partial charge in [-0.25, -0.2) is 0 Å². The lowest BCUT2D eigenvalue weighted by Gasteiger charge is -2.13. The summed E-state index contributed by atoms with van der Waals surface area (Å²) in [6.07, 6.45) is 4.74. The van der Waals surface area contributed by atoms with Crippen LogP contribution in [0.1, 0.15) is 11.7 Å². The molecule has 13 heavy (non-hydrogen) atoms. The summed E-state index contributed by atoms with van der Waals surface area (Å²) in [4.78, 5) is 0. The molecule has 0 bridgehead atoms. The van der Waals surface area contributed by atoms with Gasteiger partial charge in [0.05, 0.1) is 6.61 Å². The minimum absolute atomic E-state index is 0.0499. The SMILES string of the molecule is C#CCOC(CO)c1ccccc1. The number of terminal acetylenes is 1. The number of hydrogen-bond donors (Lipinski definition) is 1. The van der Waals surface area contributed by atoms with Crippen LogP contribution < -0.4 is 0 Å². The molecule has 0 radical (unpaired) electrons. The second kappa shape index (κ2) is 5.36. The first-order valence-corrected chi connectivity index (χ1v) is 4.09. The fraction of sp³-hybridized carbons (Fsp3) is 0.273. The summed E-state index contributed by atoms with van der Waals surface area (Å²) >= 11 is 0. The van der Waals surface area contributed by atoms with E-state index in [1.165, 1.54) is 0 Å². The van der Waals surface area contributed by atoms with Gasteiger partial charge in [0, 0.05) is 0 Å². The minimum Gasteiger partial charge on any atom is -0.393 e. The van der Waals surface area contributed by atoms with Crippen LogP contribution in [0.15, 0.2) is 30.3 Å². The monoisotopic (exact) mass is 176 g/mol. The highest BCUT2D eigenvalue weighted by atomic mass is 16.5. The smallest absolute Gasteiger partial charge is 0.108 e. The summed E-state index contributed by atoms with van der Waals surface area (Å²) in [6.45, 7) is 0.172. The van der Waals surface area contributed by atoms with Crippen LogP contribution in [0.5, 0.6) is 0 Å². The van der Waals surface area contributed by atoms with Gasteiger partial charge in [0.15, 0.2) is 0 Å². The summed E-state index contributed by atoms with van der Waals surface area (Å²) in [5.74, 6) is 2.37. The van der Waals surface area contributed by atoms with Crippen LogP contribution in [-0.2, 0) is 4.74 Å². The van der Waals surface area contributed by atoms with E-state index in [1.54, 1.807) is 0 Å². The van der Waals surface area contributed by atoms with Crippen molar-refractivity contribution >= 4 is 0 Å². The second-order valence-electron chi connectivity index (χ2n) is 2.60. The predicted molar refractivity (Wildman–Crippen MR) is 51.1 cm³/mol. The van der Waals surface area contributed by atoms with Crippen molar-refractivity contribution in [1.82, 2.24) is 0 Å². The van der Waals surface area contributed by atoms with E-state index in [0.717, 1.165) is 5.56 Å². The lowest BCUT2D eigenvalue weighted by atomic mass is 10.1. The fourth-order valence-electron chi connectivity index (χ4n) is 1.07. The molecular formula is C11H12O2. The van der Waals surface area contributed by atoms with Crippen molar-refractivity contribution in [3.05, 3.63) is 35.9 Å². The average Bonchev–Trinajstić information content (AvgIpc) is 2.21. The molecule has 2 heteroatoms. The van der Waals surface area contributed by atoms with E-state index >= 15 is 0 Å². The molecule has 0 amide bonds. The van der Waals surface area contributed by atoms with Gasteiger partial charge in [0.1, 0.15) is 12.7 Å². The van der Waals surface area contributed by atoms with E-state index in [9.17, 15) is 0 Å². The molecule has 1 rings (SSSR count). The summed E-state index contributed by atoms with van der Waals surface area (Å²) in [5, 5.41) is 9.01. The Balaban J connectivity index is 2.63. The molecule has 0 aliphatic rings. The number of aliphatic hydroxyl groups is 1. The van der Waals surface area contributed by atoms with E-state index < -0.39 is 0 Å². The first-order valence-electron chi connectivity index (χ1n) is 4.09. The predicted octanol–water partition coefficient (Wildman–Crippen LogP) is 1.37. The van der Waals surface area contributed by atoms with Crippen molar-refractivity contribution in [2.45, 2.75) is 6.10 Å². The maximum Gasteiger partial charge on any atom is 0.108 e. The number of benzene rings is 1. The van der Waals surface area contributed by atoms with Crippen molar-refractivity contribution in [3.8, 4) is 12.3 Å². The molecule has 0 aromatic heterocycles. The number of ether oxygens (including phenoxy) is 1. The molecule has 0 heterocycles. The average molecular weight is 176 g/mol. The zero-order valence-electron chi connectivity index (χ0n) is 7.31. The van der Waals surface area contributed by atoms with Gasteiger partial charge in [-0.1, -0.05) is 36.3 Å². The quantitative estimate of drug-likeness (QED) is 0.702. The molecule has 1 aromatic carbocycles. The van der Waals surface area contributed by atoms with Crippen LogP contribution in [0, 0.1) is 12.3 Å². The topological polar surface area (TPSA) is 29.5 Å². The van der Waals surface area contributed by atoms with Crippen LogP contribution in [0.3, 0.4) is 0 Å². The molecule has 2 nitrogen and oxygen atoms in total. The highest BCUT2D eigenvalue weighted by Gasteiger charge is 2.08. The van der Waals surface area contributed by atoms with Crippen molar-refractivity contribution in [3.63, 3.8) is 0 Å². The van der Waals surface area contributed by atoms with Crippen LogP contribution in [0.25, 0.3) is 0 Å². The van der Waals surface area contributed by atoms with E-state index in [2.05, 4.69) is 5.92 Å². The zero-order chi connectivity index (χ0) is 9.52. The number of rotatable bonds is 4. The molecule has 1 N–H and O–H groups in total. The van der Waals surface area contributed by atoms with E-state index in [0.29, 0.717) is 0 Å². The first-order chi connectivity index (χ1) is 6.38. The lowest BCUT2D eigenvalue weighted by Crippen LogP contribution is -2.08.